The average molecular weight is 450 g/mol. The maximum atomic E-state index is 14.2. The van der Waals surface area contributed by atoms with Crippen LogP contribution in [0.2, 0.25) is 0 Å². The van der Waals surface area contributed by atoms with Gasteiger partial charge in [0.2, 0.25) is 0 Å². The molecule has 0 aromatic heterocycles. The van der Waals surface area contributed by atoms with Gasteiger partial charge in [-0.25, -0.2) is 9.18 Å². The minimum Gasteiger partial charge on any atom is -0.450 e. The van der Waals surface area contributed by atoms with E-state index in [2.05, 4.69) is 4.90 Å². The van der Waals surface area contributed by atoms with Crippen LogP contribution in [0.5, 0.6) is 0 Å². The highest BCUT2D eigenvalue weighted by atomic mass is 19.1. The lowest BCUT2D eigenvalue weighted by atomic mass is 9.74. The summed E-state index contributed by atoms with van der Waals surface area (Å²) in [5.41, 5.74) is 1.36. The first kappa shape index (κ1) is 23.0. The van der Waals surface area contributed by atoms with Crippen LogP contribution in [0.25, 0.3) is 0 Å². The number of benzene rings is 1. The molecule has 8 heteroatoms. The van der Waals surface area contributed by atoms with E-state index in [0.29, 0.717) is 38.7 Å². The Bertz CT molecular complexity index is 854. The van der Waals surface area contributed by atoms with Gasteiger partial charge < -0.3 is 24.5 Å². The second-order valence-corrected chi connectivity index (χ2v) is 9.24. The molecule has 0 radical (unpaired) electrons. The van der Waals surface area contributed by atoms with Crippen molar-refractivity contribution in [2.75, 3.05) is 44.2 Å². The van der Waals surface area contributed by atoms with Gasteiger partial charge in [0, 0.05) is 38.2 Å². The molecule has 2 fully saturated rings. The Morgan fingerprint density at radius 3 is 2.53 bits per heavy atom. The molecule has 178 valence electrons. The number of hydrogen-bond donors (Lipinski definition) is 1. The highest BCUT2D eigenvalue weighted by Crippen LogP contribution is 2.48. The van der Waals surface area contributed by atoms with Gasteiger partial charge in [-0.2, -0.15) is 0 Å². The third-order valence-electron chi connectivity index (χ3n) is 7.48. The number of carbonyl (C=O) groups excluding carboxylic acids is 2. The standard InChI is InChI=1S/C24H34FN3O4.H2/c1-3-21(29)22(30)28-16-24(19-15-17(25)5-6-20(19)28)9-13-26(14-10-24)18-7-11-27(12-8-18)23(31)32-4-2;/h5-6,15,18,21,29H,3-4,7-14,16H2,1-2H3;1H/t21-;/m0./s1. The molecule has 1 aromatic carbocycles. The Hall–Kier alpha value is -2.19. The average Bonchev–Trinajstić information content (AvgIpc) is 3.12. The van der Waals surface area contributed by atoms with Gasteiger partial charge in [-0.05, 0) is 75.9 Å². The van der Waals surface area contributed by atoms with Crippen LogP contribution in [-0.4, -0.2) is 78.4 Å². The molecular weight excluding hydrogens is 413 g/mol. The lowest BCUT2D eigenvalue weighted by Crippen LogP contribution is -2.52. The van der Waals surface area contributed by atoms with Crippen molar-refractivity contribution in [3.05, 3.63) is 29.6 Å². The third kappa shape index (κ3) is 4.22. The molecule has 32 heavy (non-hydrogen) atoms. The maximum absolute atomic E-state index is 14.2. The molecule has 1 spiro atoms. The summed E-state index contributed by atoms with van der Waals surface area (Å²) in [5.74, 6) is -0.590. The molecule has 1 atom stereocenters. The number of hydrogen-bond acceptors (Lipinski definition) is 5. The van der Waals surface area contributed by atoms with Gasteiger partial charge in [0.1, 0.15) is 11.9 Å². The second-order valence-electron chi connectivity index (χ2n) is 9.24. The highest BCUT2D eigenvalue weighted by Gasteiger charge is 2.48. The van der Waals surface area contributed by atoms with Crippen molar-refractivity contribution >= 4 is 17.7 Å². The molecule has 0 aliphatic carbocycles. The van der Waals surface area contributed by atoms with E-state index >= 15 is 0 Å². The molecule has 1 aromatic rings. The number of anilines is 1. The normalized spacial score (nSPS) is 22.1. The summed E-state index contributed by atoms with van der Waals surface area (Å²) in [6.07, 6.45) is 2.62. The Labute approximate surface area is 190 Å². The van der Waals surface area contributed by atoms with E-state index in [4.69, 9.17) is 4.74 Å². The summed E-state index contributed by atoms with van der Waals surface area (Å²) < 4.78 is 19.3. The number of likely N-dealkylation sites (tertiary alicyclic amines) is 2. The summed E-state index contributed by atoms with van der Waals surface area (Å²) in [4.78, 5) is 30.7. The fourth-order valence-corrected chi connectivity index (χ4v) is 5.57. The molecule has 2 saturated heterocycles. The van der Waals surface area contributed by atoms with E-state index in [1.807, 2.05) is 6.92 Å². The summed E-state index contributed by atoms with van der Waals surface area (Å²) in [6, 6.07) is 5.07. The number of aliphatic hydroxyl groups is 1. The number of nitrogens with zero attached hydrogens (tertiary/aromatic N) is 3. The van der Waals surface area contributed by atoms with Crippen LogP contribution in [0, 0.1) is 5.82 Å². The number of aliphatic hydroxyl groups excluding tert-OH is 1. The van der Waals surface area contributed by atoms with Gasteiger partial charge in [-0.1, -0.05) is 6.92 Å². The predicted molar refractivity (Wildman–Crippen MR) is 121 cm³/mol. The van der Waals surface area contributed by atoms with Crippen LogP contribution in [0.3, 0.4) is 0 Å². The molecule has 1 N–H and O–H groups in total. The number of carbonyl (C=O) groups is 2. The van der Waals surface area contributed by atoms with Crippen molar-refractivity contribution in [3.8, 4) is 0 Å². The molecule has 0 unspecified atom stereocenters. The first-order chi connectivity index (χ1) is 15.4. The number of ether oxygens (including phenoxy) is 1. The molecule has 3 aliphatic rings. The van der Waals surface area contributed by atoms with Crippen molar-refractivity contribution in [3.63, 3.8) is 0 Å². The quantitative estimate of drug-likeness (QED) is 0.765. The summed E-state index contributed by atoms with van der Waals surface area (Å²) >= 11 is 0. The van der Waals surface area contributed by atoms with Gasteiger partial charge in [0.15, 0.2) is 0 Å². The first-order valence-electron chi connectivity index (χ1n) is 11.8. The highest BCUT2D eigenvalue weighted by molar-refractivity contribution is 5.99. The van der Waals surface area contributed by atoms with Gasteiger partial charge in [-0.15, -0.1) is 0 Å². The van der Waals surface area contributed by atoms with E-state index in [0.717, 1.165) is 50.0 Å². The van der Waals surface area contributed by atoms with E-state index in [-0.39, 0.29) is 24.7 Å². The summed E-state index contributed by atoms with van der Waals surface area (Å²) in [6.45, 7) is 7.65. The monoisotopic (exact) mass is 449 g/mol. The minimum atomic E-state index is -1.03. The van der Waals surface area contributed by atoms with Gasteiger partial charge in [0.05, 0.1) is 6.61 Å². The number of amides is 2. The zero-order chi connectivity index (χ0) is 22.9. The van der Waals surface area contributed by atoms with Crippen LogP contribution in [-0.2, 0) is 14.9 Å². The second kappa shape index (κ2) is 9.35. The van der Waals surface area contributed by atoms with Crippen LogP contribution in [0.15, 0.2) is 18.2 Å². The number of fused-ring (bicyclic) bond motifs is 2. The Morgan fingerprint density at radius 2 is 1.91 bits per heavy atom. The van der Waals surface area contributed by atoms with Crippen molar-refractivity contribution in [1.82, 2.24) is 9.80 Å². The van der Waals surface area contributed by atoms with Crippen molar-refractivity contribution < 1.29 is 25.2 Å². The molecule has 3 aliphatic heterocycles. The Morgan fingerprint density at radius 1 is 1.22 bits per heavy atom. The van der Waals surface area contributed by atoms with E-state index in [9.17, 15) is 19.1 Å². The van der Waals surface area contributed by atoms with E-state index in [1.165, 1.54) is 6.07 Å². The Kier molecular flexibility index (Phi) is 6.72. The fourth-order valence-electron chi connectivity index (χ4n) is 5.57. The minimum absolute atomic E-state index is 0. The van der Waals surface area contributed by atoms with Crippen LogP contribution >= 0.6 is 0 Å². The summed E-state index contributed by atoms with van der Waals surface area (Å²) in [7, 11) is 0. The van der Waals surface area contributed by atoms with Crippen molar-refractivity contribution in [2.45, 2.75) is 63.5 Å². The zero-order valence-electron chi connectivity index (χ0n) is 19.1. The predicted octanol–water partition coefficient (Wildman–Crippen LogP) is 3.14. The molecule has 2 amide bonds. The Balaban J connectivity index is 0.00000306. The number of halogens is 1. The smallest absolute Gasteiger partial charge is 0.409 e. The van der Waals surface area contributed by atoms with Crippen LogP contribution in [0.4, 0.5) is 14.9 Å². The zero-order valence-corrected chi connectivity index (χ0v) is 19.1. The molecule has 0 saturated carbocycles. The van der Waals surface area contributed by atoms with Crippen molar-refractivity contribution in [1.29, 1.82) is 0 Å². The number of rotatable bonds is 4. The first-order valence-corrected chi connectivity index (χ1v) is 11.8. The van der Waals surface area contributed by atoms with Crippen LogP contribution in [0.1, 0.15) is 52.9 Å². The van der Waals surface area contributed by atoms with Gasteiger partial charge in [-0.3, -0.25) is 4.79 Å². The maximum Gasteiger partial charge on any atom is 0.409 e. The van der Waals surface area contributed by atoms with E-state index < -0.39 is 6.10 Å². The summed E-state index contributed by atoms with van der Waals surface area (Å²) in [5, 5.41) is 10.1. The largest absolute Gasteiger partial charge is 0.450 e. The molecule has 4 rings (SSSR count). The lowest BCUT2D eigenvalue weighted by molar-refractivity contribution is -0.126. The van der Waals surface area contributed by atoms with Crippen LogP contribution < -0.4 is 4.90 Å². The lowest BCUT2D eigenvalue weighted by Gasteiger charge is -2.45. The van der Waals surface area contributed by atoms with Gasteiger partial charge in [0.25, 0.3) is 5.91 Å². The molecule has 7 nitrogen and oxygen atoms in total. The molecular formula is C24H36FN3O4. The fraction of sp³-hybridized carbons (Fsp3) is 0.667. The van der Waals surface area contributed by atoms with E-state index in [1.54, 1.807) is 28.9 Å². The van der Waals surface area contributed by atoms with Crippen molar-refractivity contribution in [2.24, 2.45) is 0 Å². The SMILES string of the molecule is CCOC(=O)N1CCC(N2CCC3(CC2)CN(C(=O)[C@@H](O)CC)c2ccc(F)cc23)CC1.[HH]. The molecule has 3 heterocycles. The topological polar surface area (TPSA) is 73.3 Å². The third-order valence-corrected chi connectivity index (χ3v) is 7.48. The number of piperidine rings is 2. The molecule has 0 bridgehead atoms. The van der Waals surface area contributed by atoms with Gasteiger partial charge >= 0.3 is 6.09 Å².